The van der Waals surface area contributed by atoms with Gasteiger partial charge in [-0.3, -0.25) is 0 Å². The van der Waals surface area contributed by atoms with E-state index in [2.05, 4.69) is 54.4 Å². The maximum atomic E-state index is 3.40. The summed E-state index contributed by atoms with van der Waals surface area (Å²) in [5.74, 6) is 0. The average molecular weight is 215 g/mol. The Morgan fingerprint density at radius 2 is 1.94 bits per heavy atom. The molecule has 1 heteroatoms. The van der Waals surface area contributed by atoms with Gasteiger partial charge in [-0.2, -0.15) is 0 Å². The van der Waals surface area contributed by atoms with Gasteiger partial charge in [-0.1, -0.05) is 25.1 Å². The van der Waals surface area contributed by atoms with Crippen molar-refractivity contribution in [1.82, 2.24) is 0 Å². The van der Waals surface area contributed by atoms with Gasteiger partial charge in [0.1, 0.15) is 0 Å². The van der Waals surface area contributed by atoms with Gasteiger partial charge >= 0.3 is 0 Å². The number of unbranched alkanes of at least 4 members (excludes halogenated alkanes) is 2. The van der Waals surface area contributed by atoms with Crippen LogP contribution in [0.3, 0.4) is 0 Å². The molecule has 0 spiro atoms. The van der Waals surface area contributed by atoms with Gasteiger partial charge in [0.15, 0.2) is 0 Å². The van der Waals surface area contributed by atoms with Crippen molar-refractivity contribution in [3.8, 4) is 0 Å². The molecular formula is C15H21N. The summed E-state index contributed by atoms with van der Waals surface area (Å²) < 4.78 is 0. The molecule has 1 nitrogen and oxygen atoms in total. The predicted octanol–water partition coefficient (Wildman–Crippen LogP) is 4.39. The van der Waals surface area contributed by atoms with E-state index in [0.717, 1.165) is 19.4 Å². The number of para-hydroxylation sites is 1. The first-order chi connectivity index (χ1) is 7.93. The van der Waals surface area contributed by atoms with Crippen LogP contribution in [0.25, 0.3) is 0 Å². The van der Waals surface area contributed by atoms with Gasteiger partial charge < -0.3 is 5.32 Å². The van der Waals surface area contributed by atoms with E-state index in [1.165, 1.54) is 18.5 Å². The van der Waals surface area contributed by atoms with E-state index in [0.29, 0.717) is 0 Å². The zero-order chi connectivity index (χ0) is 11.5. The molecule has 0 fully saturated rings. The molecule has 0 amide bonds. The van der Waals surface area contributed by atoms with E-state index >= 15 is 0 Å². The highest BCUT2D eigenvalue weighted by molar-refractivity contribution is 5.42. The van der Waals surface area contributed by atoms with Crippen molar-refractivity contribution >= 4 is 5.69 Å². The van der Waals surface area contributed by atoms with Crippen molar-refractivity contribution in [3.05, 3.63) is 48.2 Å². The Hall–Kier alpha value is -1.46. The number of anilines is 1. The van der Waals surface area contributed by atoms with Gasteiger partial charge in [0.25, 0.3) is 0 Å². The van der Waals surface area contributed by atoms with Gasteiger partial charge in [-0.15, -0.1) is 5.73 Å². The molecule has 86 valence electrons. The first-order valence-electron chi connectivity index (χ1n) is 6.12. The quantitative estimate of drug-likeness (QED) is 0.525. The number of hydrogen-bond donors (Lipinski definition) is 1. The molecular weight excluding hydrogens is 194 g/mol. The average Bonchev–Trinajstić information content (AvgIpc) is 2.34. The molecule has 1 rings (SSSR count). The minimum absolute atomic E-state index is 1.05. The Morgan fingerprint density at radius 3 is 2.69 bits per heavy atom. The van der Waals surface area contributed by atoms with Crippen LogP contribution in [0.5, 0.6) is 0 Å². The lowest BCUT2D eigenvalue weighted by atomic mass is 10.2. The standard InChI is InChI=1S/C15H21N/c1-2-3-4-5-6-7-11-14-16-15-12-9-8-10-13-15/h3,5,8-10,12-13,16H,2,6-7,11,14H2,1H3. The van der Waals surface area contributed by atoms with Crippen molar-refractivity contribution in [1.29, 1.82) is 0 Å². The summed E-state index contributed by atoms with van der Waals surface area (Å²) >= 11 is 0. The molecule has 0 radical (unpaired) electrons. The van der Waals surface area contributed by atoms with Crippen LogP contribution in [-0.2, 0) is 0 Å². The summed E-state index contributed by atoms with van der Waals surface area (Å²) in [6, 6.07) is 10.4. The smallest absolute Gasteiger partial charge is 0.0340 e. The molecule has 16 heavy (non-hydrogen) atoms. The van der Waals surface area contributed by atoms with Crippen LogP contribution >= 0.6 is 0 Å². The fourth-order valence-corrected chi connectivity index (χ4v) is 1.44. The van der Waals surface area contributed by atoms with Crippen molar-refractivity contribution in [2.45, 2.75) is 32.6 Å². The molecule has 0 bridgehead atoms. The number of hydrogen-bond acceptors (Lipinski definition) is 1. The minimum Gasteiger partial charge on any atom is -0.385 e. The molecule has 1 aromatic rings. The van der Waals surface area contributed by atoms with Gasteiger partial charge in [0.05, 0.1) is 0 Å². The van der Waals surface area contributed by atoms with Gasteiger partial charge in [0.2, 0.25) is 0 Å². The third kappa shape index (κ3) is 6.10. The molecule has 0 aliphatic heterocycles. The van der Waals surface area contributed by atoms with Gasteiger partial charge in [0, 0.05) is 12.2 Å². The monoisotopic (exact) mass is 215 g/mol. The first-order valence-corrected chi connectivity index (χ1v) is 6.12. The van der Waals surface area contributed by atoms with Crippen LogP contribution < -0.4 is 5.32 Å². The second-order valence-electron chi connectivity index (χ2n) is 3.77. The molecule has 0 saturated carbocycles. The van der Waals surface area contributed by atoms with E-state index in [1.807, 2.05) is 6.07 Å². The lowest BCUT2D eigenvalue weighted by Crippen LogP contribution is -2.00. The fraction of sp³-hybridized carbons (Fsp3) is 0.400. The summed E-state index contributed by atoms with van der Waals surface area (Å²) in [5, 5.41) is 3.40. The molecule has 0 aromatic heterocycles. The Bertz CT molecular complexity index is 321. The highest BCUT2D eigenvalue weighted by atomic mass is 14.9. The van der Waals surface area contributed by atoms with E-state index in [1.54, 1.807) is 0 Å². The molecule has 0 saturated heterocycles. The lowest BCUT2D eigenvalue weighted by Gasteiger charge is -2.04. The topological polar surface area (TPSA) is 12.0 Å². The Kier molecular flexibility index (Phi) is 6.95. The SMILES string of the molecule is CCC=C=CCCCCNc1ccccc1. The maximum absolute atomic E-state index is 3.40. The summed E-state index contributed by atoms with van der Waals surface area (Å²) in [6.07, 6.45) is 8.84. The minimum atomic E-state index is 1.05. The van der Waals surface area contributed by atoms with Gasteiger partial charge in [-0.05, 0) is 50.0 Å². The third-order valence-electron chi connectivity index (χ3n) is 2.32. The molecule has 1 N–H and O–H groups in total. The molecule has 1 aromatic carbocycles. The Balaban J connectivity index is 2.02. The van der Waals surface area contributed by atoms with Crippen LogP contribution in [0.2, 0.25) is 0 Å². The van der Waals surface area contributed by atoms with Crippen molar-refractivity contribution in [3.63, 3.8) is 0 Å². The van der Waals surface area contributed by atoms with E-state index < -0.39 is 0 Å². The van der Waals surface area contributed by atoms with Crippen LogP contribution in [0.4, 0.5) is 5.69 Å². The second kappa shape index (κ2) is 8.82. The highest BCUT2D eigenvalue weighted by Crippen LogP contribution is 2.05. The predicted molar refractivity (Wildman–Crippen MR) is 71.7 cm³/mol. The Morgan fingerprint density at radius 1 is 1.12 bits per heavy atom. The summed E-state index contributed by atoms with van der Waals surface area (Å²) in [6.45, 7) is 3.18. The van der Waals surface area contributed by atoms with E-state index in [9.17, 15) is 0 Å². The Labute approximate surface area is 98.9 Å². The van der Waals surface area contributed by atoms with Crippen molar-refractivity contribution in [2.75, 3.05) is 11.9 Å². The second-order valence-corrected chi connectivity index (χ2v) is 3.77. The zero-order valence-electron chi connectivity index (χ0n) is 10.1. The maximum Gasteiger partial charge on any atom is 0.0340 e. The number of rotatable bonds is 7. The summed E-state index contributed by atoms with van der Waals surface area (Å²) in [4.78, 5) is 0. The van der Waals surface area contributed by atoms with Crippen LogP contribution in [0.1, 0.15) is 32.6 Å². The third-order valence-corrected chi connectivity index (χ3v) is 2.32. The van der Waals surface area contributed by atoms with Gasteiger partial charge in [-0.25, -0.2) is 0 Å². The molecule has 0 aliphatic rings. The summed E-state index contributed by atoms with van der Waals surface area (Å²) in [7, 11) is 0. The molecule has 0 aliphatic carbocycles. The van der Waals surface area contributed by atoms with Crippen LogP contribution in [-0.4, -0.2) is 6.54 Å². The first kappa shape index (κ1) is 12.6. The van der Waals surface area contributed by atoms with Crippen molar-refractivity contribution in [2.24, 2.45) is 0 Å². The fourth-order valence-electron chi connectivity index (χ4n) is 1.44. The number of benzene rings is 1. The summed E-state index contributed by atoms with van der Waals surface area (Å²) in [5.41, 5.74) is 4.39. The van der Waals surface area contributed by atoms with E-state index in [-0.39, 0.29) is 0 Å². The van der Waals surface area contributed by atoms with Crippen molar-refractivity contribution < 1.29 is 0 Å². The normalized spacial score (nSPS) is 9.31. The van der Waals surface area contributed by atoms with Crippen LogP contribution in [0, 0.1) is 0 Å². The lowest BCUT2D eigenvalue weighted by molar-refractivity contribution is 0.779. The zero-order valence-corrected chi connectivity index (χ0v) is 10.1. The van der Waals surface area contributed by atoms with Crippen LogP contribution in [0.15, 0.2) is 48.2 Å². The number of nitrogens with one attached hydrogen (secondary N) is 1. The largest absolute Gasteiger partial charge is 0.385 e. The van der Waals surface area contributed by atoms with E-state index in [4.69, 9.17) is 0 Å². The molecule has 0 heterocycles. The molecule has 0 atom stereocenters. The molecule has 0 unspecified atom stereocenters. The number of allylic oxidation sites excluding steroid dienone is 1. The highest BCUT2D eigenvalue weighted by Gasteiger charge is 1.88.